The molecule has 0 radical (unpaired) electrons. The van der Waals surface area contributed by atoms with Crippen LogP contribution in [0.25, 0.3) is 0 Å². The first kappa shape index (κ1) is 23.4. The highest BCUT2D eigenvalue weighted by atomic mass is 32.2. The lowest BCUT2D eigenvalue weighted by atomic mass is 10.2. The summed E-state index contributed by atoms with van der Waals surface area (Å²) in [5.41, 5.74) is 0.992. The minimum Gasteiger partial charge on any atom is -0.493 e. The molecular weight excluding hydrogens is 452 g/mol. The normalized spacial score (nSPS) is 10.7. The van der Waals surface area contributed by atoms with Crippen molar-refractivity contribution in [1.29, 1.82) is 0 Å². The number of nitrogens with one attached hydrogen (secondary N) is 1. The second-order valence-electron chi connectivity index (χ2n) is 6.52. The second kappa shape index (κ2) is 11.9. The maximum absolute atomic E-state index is 12.7. The lowest BCUT2D eigenvalue weighted by Crippen LogP contribution is -2.31. The molecule has 3 rings (SSSR count). The first-order valence-electron chi connectivity index (χ1n) is 9.84. The van der Waals surface area contributed by atoms with Crippen LogP contribution in [0.4, 0.5) is 5.13 Å². The lowest BCUT2D eigenvalue weighted by molar-refractivity contribution is -0.128. The van der Waals surface area contributed by atoms with Gasteiger partial charge in [-0.15, -0.1) is 21.5 Å². The summed E-state index contributed by atoms with van der Waals surface area (Å²) >= 11 is 4.65. The van der Waals surface area contributed by atoms with Gasteiger partial charge in [0.15, 0.2) is 15.8 Å². The van der Waals surface area contributed by atoms with Crippen molar-refractivity contribution in [2.45, 2.75) is 24.2 Å². The standard InChI is InChI=1S/C21H26N4O3S3/c1-4-25(13-15-7-8-17(27-2)18(12-15)28-3)19(26)14-30-21-24-23-20(31-21)22-10-9-16-6-5-11-29-16/h5-8,11-12H,4,9-10,13-14H2,1-3H3,(H,22,23). The van der Waals surface area contributed by atoms with Crippen molar-refractivity contribution >= 4 is 45.5 Å². The van der Waals surface area contributed by atoms with E-state index in [2.05, 4.69) is 33.0 Å². The van der Waals surface area contributed by atoms with E-state index in [9.17, 15) is 4.79 Å². The molecule has 31 heavy (non-hydrogen) atoms. The van der Waals surface area contributed by atoms with E-state index < -0.39 is 0 Å². The van der Waals surface area contributed by atoms with E-state index in [4.69, 9.17) is 9.47 Å². The van der Waals surface area contributed by atoms with Crippen LogP contribution in [-0.4, -0.2) is 54.1 Å². The van der Waals surface area contributed by atoms with Crippen LogP contribution >= 0.6 is 34.4 Å². The molecular formula is C21H26N4O3S3. The largest absolute Gasteiger partial charge is 0.493 e. The van der Waals surface area contributed by atoms with Gasteiger partial charge >= 0.3 is 0 Å². The minimum atomic E-state index is 0.0599. The van der Waals surface area contributed by atoms with Crippen LogP contribution in [-0.2, 0) is 17.8 Å². The van der Waals surface area contributed by atoms with Crippen molar-refractivity contribution in [2.75, 3.05) is 38.4 Å². The zero-order valence-electron chi connectivity index (χ0n) is 17.8. The number of carbonyl (C=O) groups is 1. The Morgan fingerprint density at radius 3 is 2.74 bits per heavy atom. The molecule has 0 aliphatic carbocycles. The summed E-state index contributed by atoms with van der Waals surface area (Å²) in [5.74, 6) is 1.72. The van der Waals surface area contributed by atoms with Gasteiger partial charge in [0.2, 0.25) is 11.0 Å². The number of ether oxygens (including phenoxy) is 2. The summed E-state index contributed by atoms with van der Waals surface area (Å²) in [6, 6.07) is 9.89. The fraction of sp³-hybridized carbons (Fsp3) is 0.381. The molecule has 0 bridgehead atoms. The molecule has 2 heterocycles. The van der Waals surface area contributed by atoms with Crippen molar-refractivity contribution in [1.82, 2.24) is 15.1 Å². The molecule has 1 N–H and O–H groups in total. The molecule has 1 amide bonds. The summed E-state index contributed by atoms with van der Waals surface area (Å²) in [4.78, 5) is 15.9. The molecule has 0 unspecified atom stereocenters. The van der Waals surface area contributed by atoms with Gasteiger partial charge in [-0.05, 0) is 42.5 Å². The van der Waals surface area contributed by atoms with Crippen molar-refractivity contribution in [3.8, 4) is 11.5 Å². The van der Waals surface area contributed by atoms with Crippen molar-refractivity contribution in [3.05, 3.63) is 46.2 Å². The van der Waals surface area contributed by atoms with Gasteiger partial charge in [-0.25, -0.2) is 0 Å². The summed E-state index contributed by atoms with van der Waals surface area (Å²) in [6.45, 7) is 3.93. The van der Waals surface area contributed by atoms with Crippen LogP contribution in [0.5, 0.6) is 11.5 Å². The van der Waals surface area contributed by atoms with Crippen LogP contribution in [0.1, 0.15) is 17.4 Å². The fourth-order valence-electron chi connectivity index (χ4n) is 2.88. The SMILES string of the molecule is CCN(Cc1ccc(OC)c(OC)c1)C(=O)CSc1nnc(NCCc2cccs2)s1. The number of hydrogen-bond acceptors (Lipinski definition) is 9. The Morgan fingerprint density at radius 1 is 1.19 bits per heavy atom. The van der Waals surface area contributed by atoms with E-state index in [0.717, 1.165) is 28.0 Å². The Kier molecular flexibility index (Phi) is 8.98. The van der Waals surface area contributed by atoms with Crippen LogP contribution in [0.2, 0.25) is 0 Å². The second-order valence-corrected chi connectivity index (χ2v) is 9.75. The molecule has 1 aromatic carbocycles. The third-order valence-corrected chi connectivity index (χ3v) is 7.44. The Labute approximate surface area is 194 Å². The first-order chi connectivity index (χ1) is 15.1. The van der Waals surface area contributed by atoms with Gasteiger partial charge in [0, 0.05) is 24.5 Å². The van der Waals surface area contributed by atoms with Crippen LogP contribution in [0.3, 0.4) is 0 Å². The minimum absolute atomic E-state index is 0.0599. The van der Waals surface area contributed by atoms with Gasteiger partial charge in [-0.3, -0.25) is 4.79 Å². The quantitative estimate of drug-likeness (QED) is 0.386. The number of benzene rings is 1. The van der Waals surface area contributed by atoms with E-state index in [1.54, 1.807) is 25.6 Å². The van der Waals surface area contributed by atoms with Crippen LogP contribution < -0.4 is 14.8 Å². The molecule has 0 atom stereocenters. The summed E-state index contributed by atoms with van der Waals surface area (Å²) in [6.07, 6.45) is 0.958. The summed E-state index contributed by atoms with van der Waals surface area (Å²) < 4.78 is 11.4. The zero-order chi connectivity index (χ0) is 22.1. The number of hydrogen-bond donors (Lipinski definition) is 1. The molecule has 2 aromatic heterocycles. The molecule has 0 aliphatic heterocycles. The maximum Gasteiger partial charge on any atom is 0.233 e. The predicted molar refractivity (Wildman–Crippen MR) is 128 cm³/mol. The summed E-state index contributed by atoms with van der Waals surface area (Å²) in [5, 5.41) is 14.5. The molecule has 0 fully saturated rings. The highest BCUT2D eigenvalue weighted by molar-refractivity contribution is 8.01. The molecule has 0 saturated carbocycles. The maximum atomic E-state index is 12.7. The Bertz CT molecular complexity index is 963. The molecule has 0 spiro atoms. The molecule has 10 heteroatoms. The van der Waals surface area contributed by atoms with Gasteiger partial charge in [-0.1, -0.05) is 35.2 Å². The lowest BCUT2D eigenvalue weighted by Gasteiger charge is -2.21. The average molecular weight is 479 g/mol. The number of rotatable bonds is 12. The van der Waals surface area contributed by atoms with Crippen molar-refractivity contribution in [3.63, 3.8) is 0 Å². The Hall–Kier alpha value is -2.30. The Balaban J connectivity index is 1.48. The smallest absolute Gasteiger partial charge is 0.233 e. The third kappa shape index (κ3) is 6.84. The summed E-state index contributed by atoms with van der Waals surface area (Å²) in [7, 11) is 3.21. The van der Waals surface area contributed by atoms with Crippen molar-refractivity contribution < 1.29 is 14.3 Å². The van der Waals surface area contributed by atoms with E-state index >= 15 is 0 Å². The third-order valence-electron chi connectivity index (χ3n) is 4.51. The molecule has 3 aromatic rings. The number of carbonyl (C=O) groups excluding carboxylic acids is 1. The Morgan fingerprint density at radius 2 is 2.03 bits per heavy atom. The number of amides is 1. The topological polar surface area (TPSA) is 76.6 Å². The van der Waals surface area contributed by atoms with Crippen LogP contribution in [0, 0.1) is 0 Å². The molecule has 0 saturated heterocycles. The number of thioether (sulfide) groups is 1. The van der Waals surface area contributed by atoms with Gasteiger partial charge < -0.3 is 19.7 Å². The predicted octanol–water partition coefficient (Wildman–Crippen LogP) is 4.41. The number of anilines is 1. The zero-order valence-corrected chi connectivity index (χ0v) is 20.2. The molecule has 0 aliphatic rings. The fourth-order valence-corrected chi connectivity index (χ4v) is 5.27. The van der Waals surface area contributed by atoms with E-state index in [-0.39, 0.29) is 5.91 Å². The molecule has 166 valence electrons. The van der Waals surface area contributed by atoms with Crippen molar-refractivity contribution in [2.24, 2.45) is 0 Å². The van der Waals surface area contributed by atoms with Gasteiger partial charge in [-0.2, -0.15) is 0 Å². The van der Waals surface area contributed by atoms with E-state index in [1.165, 1.54) is 28.0 Å². The van der Waals surface area contributed by atoms with E-state index in [1.807, 2.05) is 30.0 Å². The number of nitrogens with zero attached hydrogens (tertiary/aromatic N) is 3. The van der Waals surface area contributed by atoms with Crippen LogP contribution in [0.15, 0.2) is 40.1 Å². The van der Waals surface area contributed by atoms with Gasteiger partial charge in [0.25, 0.3) is 0 Å². The molecule has 7 nitrogen and oxygen atoms in total. The highest BCUT2D eigenvalue weighted by Crippen LogP contribution is 2.29. The van der Waals surface area contributed by atoms with E-state index in [0.29, 0.717) is 30.3 Å². The first-order valence-corrected chi connectivity index (χ1v) is 12.5. The number of aromatic nitrogens is 2. The monoisotopic (exact) mass is 478 g/mol. The average Bonchev–Trinajstić information content (AvgIpc) is 3.48. The number of thiophene rings is 1. The number of methoxy groups -OCH3 is 2. The highest BCUT2D eigenvalue weighted by Gasteiger charge is 2.15. The van der Waals surface area contributed by atoms with Gasteiger partial charge in [0.05, 0.1) is 20.0 Å². The van der Waals surface area contributed by atoms with Gasteiger partial charge in [0.1, 0.15) is 0 Å².